The van der Waals surface area contributed by atoms with Gasteiger partial charge in [0.1, 0.15) is 5.82 Å². The van der Waals surface area contributed by atoms with Crippen molar-refractivity contribution in [3.05, 3.63) is 66.0 Å². The number of hydrogen-bond acceptors (Lipinski definition) is 5. The summed E-state index contributed by atoms with van der Waals surface area (Å²) in [6.45, 7) is 2.96. The zero-order valence-electron chi connectivity index (χ0n) is 14.2. The van der Waals surface area contributed by atoms with Crippen LogP contribution in [0.25, 0.3) is 5.69 Å². The molecule has 7 heteroatoms. The first kappa shape index (κ1) is 17.1. The lowest BCUT2D eigenvalue weighted by atomic mass is 10.2. The SMILES string of the molecule is Fc1cccc(CSc2nnc(N3CCOCC3)n2-c2ccccc2)c1. The normalized spacial score (nSPS) is 14.6. The Labute approximate surface area is 155 Å². The first-order valence-electron chi connectivity index (χ1n) is 8.52. The molecule has 26 heavy (non-hydrogen) atoms. The van der Waals surface area contributed by atoms with Gasteiger partial charge in [0.2, 0.25) is 5.95 Å². The Bertz CT molecular complexity index is 865. The molecule has 0 atom stereocenters. The molecule has 4 rings (SSSR count). The molecule has 0 radical (unpaired) electrons. The molecule has 134 valence electrons. The van der Waals surface area contributed by atoms with Crippen molar-refractivity contribution in [2.24, 2.45) is 0 Å². The van der Waals surface area contributed by atoms with Crippen molar-refractivity contribution in [2.45, 2.75) is 10.9 Å². The maximum Gasteiger partial charge on any atom is 0.232 e. The Balaban J connectivity index is 1.64. The number of hydrogen-bond donors (Lipinski definition) is 0. The molecule has 5 nitrogen and oxygen atoms in total. The van der Waals surface area contributed by atoms with Crippen LogP contribution in [0.3, 0.4) is 0 Å². The average Bonchev–Trinajstić information content (AvgIpc) is 3.12. The highest BCUT2D eigenvalue weighted by Crippen LogP contribution is 2.29. The van der Waals surface area contributed by atoms with E-state index in [1.807, 2.05) is 36.4 Å². The quantitative estimate of drug-likeness (QED) is 0.643. The van der Waals surface area contributed by atoms with E-state index in [0.717, 1.165) is 35.4 Å². The van der Waals surface area contributed by atoms with Crippen LogP contribution in [0.2, 0.25) is 0 Å². The number of nitrogens with zero attached hydrogens (tertiary/aromatic N) is 4. The van der Waals surface area contributed by atoms with Crippen molar-refractivity contribution in [1.82, 2.24) is 14.8 Å². The van der Waals surface area contributed by atoms with Gasteiger partial charge < -0.3 is 9.64 Å². The van der Waals surface area contributed by atoms with E-state index >= 15 is 0 Å². The molecule has 0 amide bonds. The lowest BCUT2D eigenvalue weighted by molar-refractivity contribution is 0.122. The van der Waals surface area contributed by atoms with Gasteiger partial charge in [0, 0.05) is 18.8 Å². The lowest BCUT2D eigenvalue weighted by Gasteiger charge is -2.27. The Hall–Kier alpha value is -2.38. The number of anilines is 1. The average molecular weight is 370 g/mol. The van der Waals surface area contributed by atoms with Crippen LogP contribution < -0.4 is 4.90 Å². The van der Waals surface area contributed by atoms with Gasteiger partial charge in [-0.1, -0.05) is 42.1 Å². The minimum absolute atomic E-state index is 0.221. The Morgan fingerprint density at radius 1 is 1.00 bits per heavy atom. The van der Waals surface area contributed by atoms with Crippen molar-refractivity contribution in [3.63, 3.8) is 0 Å². The molecule has 0 N–H and O–H groups in total. The van der Waals surface area contributed by atoms with Crippen LogP contribution in [-0.4, -0.2) is 41.1 Å². The minimum Gasteiger partial charge on any atom is -0.378 e. The van der Waals surface area contributed by atoms with E-state index < -0.39 is 0 Å². The zero-order valence-corrected chi connectivity index (χ0v) is 15.0. The largest absolute Gasteiger partial charge is 0.378 e. The van der Waals surface area contributed by atoms with Crippen molar-refractivity contribution < 1.29 is 9.13 Å². The number of ether oxygens (including phenoxy) is 1. The van der Waals surface area contributed by atoms with Crippen LogP contribution in [0.5, 0.6) is 0 Å². The van der Waals surface area contributed by atoms with Crippen LogP contribution in [0.15, 0.2) is 59.8 Å². The van der Waals surface area contributed by atoms with Crippen molar-refractivity contribution >= 4 is 17.7 Å². The summed E-state index contributed by atoms with van der Waals surface area (Å²) in [7, 11) is 0. The third-order valence-electron chi connectivity index (χ3n) is 4.18. The maximum absolute atomic E-state index is 13.4. The van der Waals surface area contributed by atoms with E-state index in [2.05, 4.69) is 19.7 Å². The number of benzene rings is 2. The molecule has 0 bridgehead atoms. The number of para-hydroxylation sites is 1. The van der Waals surface area contributed by atoms with E-state index in [9.17, 15) is 4.39 Å². The molecule has 0 aliphatic carbocycles. The predicted octanol–water partition coefficient (Wildman–Crippen LogP) is 3.54. The van der Waals surface area contributed by atoms with Gasteiger partial charge in [-0.2, -0.15) is 0 Å². The third kappa shape index (κ3) is 3.73. The summed E-state index contributed by atoms with van der Waals surface area (Å²) in [6, 6.07) is 16.7. The second-order valence-corrected chi connectivity index (χ2v) is 6.91. The monoisotopic (exact) mass is 370 g/mol. The topological polar surface area (TPSA) is 43.2 Å². The summed E-state index contributed by atoms with van der Waals surface area (Å²) in [4.78, 5) is 2.19. The predicted molar refractivity (Wildman–Crippen MR) is 100 cm³/mol. The highest BCUT2D eigenvalue weighted by atomic mass is 32.2. The Kier molecular flexibility index (Phi) is 5.17. The molecular formula is C19H19FN4OS. The van der Waals surface area contributed by atoms with Crippen LogP contribution in [0.4, 0.5) is 10.3 Å². The van der Waals surface area contributed by atoms with Crippen LogP contribution in [0, 0.1) is 5.82 Å². The van der Waals surface area contributed by atoms with Gasteiger partial charge in [-0.15, -0.1) is 10.2 Å². The summed E-state index contributed by atoms with van der Waals surface area (Å²) >= 11 is 1.55. The standard InChI is InChI=1S/C19H19FN4OS/c20-16-6-4-5-15(13-16)14-26-19-22-21-18(23-9-11-25-12-10-23)24(19)17-7-2-1-3-8-17/h1-8,13H,9-12,14H2. The fraction of sp³-hybridized carbons (Fsp3) is 0.263. The van der Waals surface area contributed by atoms with Gasteiger partial charge in [-0.3, -0.25) is 4.57 Å². The van der Waals surface area contributed by atoms with Crippen LogP contribution >= 0.6 is 11.8 Å². The van der Waals surface area contributed by atoms with E-state index in [-0.39, 0.29) is 5.82 Å². The summed E-state index contributed by atoms with van der Waals surface area (Å²) in [5.41, 5.74) is 1.94. The Morgan fingerprint density at radius 2 is 1.81 bits per heavy atom. The molecule has 1 aromatic heterocycles. The number of thioether (sulfide) groups is 1. The molecule has 0 unspecified atom stereocenters. The molecule has 1 aliphatic rings. The smallest absolute Gasteiger partial charge is 0.232 e. The fourth-order valence-corrected chi connectivity index (χ4v) is 3.79. The summed E-state index contributed by atoms with van der Waals surface area (Å²) in [5, 5.41) is 9.63. The maximum atomic E-state index is 13.4. The number of halogens is 1. The third-order valence-corrected chi connectivity index (χ3v) is 5.18. The van der Waals surface area contributed by atoms with Crippen molar-refractivity contribution in [2.75, 3.05) is 31.2 Å². The van der Waals surface area contributed by atoms with Gasteiger partial charge in [-0.25, -0.2) is 4.39 Å². The number of morpholine rings is 1. The van der Waals surface area contributed by atoms with Gasteiger partial charge >= 0.3 is 0 Å². The molecule has 0 saturated carbocycles. The van der Waals surface area contributed by atoms with E-state index in [1.54, 1.807) is 23.9 Å². The summed E-state index contributed by atoms with van der Waals surface area (Å²) in [5.74, 6) is 1.23. The second-order valence-electron chi connectivity index (χ2n) is 5.97. The summed E-state index contributed by atoms with van der Waals surface area (Å²) in [6.07, 6.45) is 0. The lowest BCUT2D eigenvalue weighted by Crippen LogP contribution is -2.37. The molecule has 1 saturated heterocycles. The number of aromatic nitrogens is 3. The van der Waals surface area contributed by atoms with E-state index in [4.69, 9.17) is 4.74 Å². The second kappa shape index (κ2) is 7.88. The number of rotatable bonds is 5. The molecule has 1 aliphatic heterocycles. The van der Waals surface area contributed by atoms with Crippen molar-refractivity contribution in [3.8, 4) is 5.69 Å². The first-order chi connectivity index (χ1) is 12.8. The Morgan fingerprint density at radius 3 is 2.58 bits per heavy atom. The van der Waals surface area contributed by atoms with Gasteiger partial charge in [0.15, 0.2) is 5.16 Å². The van der Waals surface area contributed by atoms with Crippen LogP contribution in [0.1, 0.15) is 5.56 Å². The first-order valence-corrected chi connectivity index (χ1v) is 9.50. The summed E-state index contributed by atoms with van der Waals surface area (Å²) < 4.78 is 20.9. The molecule has 0 spiro atoms. The zero-order chi connectivity index (χ0) is 17.8. The van der Waals surface area contributed by atoms with Crippen LogP contribution in [-0.2, 0) is 10.5 Å². The van der Waals surface area contributed by atoms with E-state index in [1.165, 1.54) is 6.07 Å². The van der Waals surface area contributed by atoms with Gasteiger partial charge in [-0.05, 0) is 29.8 Å². The molecular weight excluding hydrogens is 351 g/mol. The van der Waals surface area contributed by atoms with Gasteiger partial charge in [0.25, 0.3) is 0 Å². The van der Waals surface area contributed by atoms with Gasteiger partial charge in [0.05, 0.1) is 18.9 Å². The molecule has 2 heterocycles. The minimum atomic E-state index is -0.221. The molecule has 1 fully saturated rings. The van der Waals surface area contributed by atoms with E-state index in [0.29, 0.717) is 19.0 Å². The highest BCUT2D eigenvalue weighted by molar-refractivity contribution is 7.98. The highest BCUT2D eigenvalue weighted by Gasteiger charge is 2.21. The van der Waals surface area contributed by atoms with Crippen molar-refractivity contribution in [1.29, 1.82) is 0 Å². The molecule has 3 aromatic rings. The molecule has 2 aromatic carbocycles. The fourth-order valence-electron chi connectivity index (χ4n) is 2.90.